The second-order valence-corrected chi connectivity index (χ2v) is 9.00. The highest BCUT2D eigenvalue weighted by atomic mass is 32.2. The van der Waals surface area contributed by atoms with Gasteiger partial charge in [0.1, 0.15) is 5.76 Å². The average Bonchev–Trinajstić information content (AvgIpc) is 3.20. The van der Waals surface area contributed by atoms with E-state index in [0.717, 1.165) is 11.1 Å². The summed E-state index contributed by atoms with van der Waals surface area (Å²) in [6, 6.07) is 15.3. The molecule has 0 aliphatic heterocycles. The van der Waals surface area contributed by atoms with Crippen molar-refractivity contribution in [2.24, 2.45) is 0 Å². The first-order valence-corrected chi connectivity index (χ1v) is 10.6. The Labute approximate surface area is 171 Å². The van der Waals surface area contributed by atoms with Gasteiger partial charge in [0.2, 0.25) is 0 Å². The number of sulfonamides is 1. The first-order chi connectivity index (χ1) is 13.7. The van der Waals surface area contributed by atoms with Crippen LogP contribution in [-0.2, 0) is 16.6 Å². The van der Waals surface area contributed by atoms with Gasteiger partial charge < -0.3 is 9.32 Å². The third-order valence-electron chi connectivity index (χ3n) is 4.79. The summed E-state index contributed by atoms with van der Waals surface area (Å²) in [7, 11) is -0.566. The molecule has 7 heteroatoms. The van der Waals surface area contributed by atoms with E-state index in [2.05, 4.69) is 0 Å². The van der Waals surface area contributed by atoms with Crippen molar-refractivity contribution in [2.45, 2.75) is 25.3 Å². The second-order valence-electron chi connectivity index (χ2n) is 7.03. The molecule has 0 N–H and O–H groups in total. The van der Waals surface area contributed by atoms with Crippen LogP contribution in [0.5, 0.6) is 0 Å². The third kappa shape index (κ3) is 4.35. The zero-order valence-electron chi connectivity index (χ0n) is 16.9. The van der Waals surface area contributed by atoms with Crippen LogP contribution in [0.2, 0.25) is 0 Å². The van der Waals surface area contributed by atoms with E-state index < -0.39 is 10.0 Å². The number of carbonyl (C=O) groups excluding carboxylic acids is 1. The van der Waals surface area contributed by atoms with Gasteiger partial charge in [-0.15, -0.1) is 0 Å². The Hall–Kier alpha value is -3.06. The summed E-state index contributed by atoms with van der Waals surface area (Å²) in [6.07, 6.45) is 1.56. The lowest BCUT2D eigenvalue weighted by atomic mass is 10.1. The Morgan fingerprint density at radius 1 is 1.00 bits per heavy atom. The number of hydrogen-bond donors (Lipinski definition) is 0. The first kappa shape index (κ1) is 20.7. The molecule has 0 saturated carbocycles. The second kappa shape index (κ2) is 8.13. The molecule has 3 rings (SSSR count). The van der Waals surface area contributed by atoms with Gasteiger partial charge in [-0.2, -0.15) is 0 Å². The molecule has 0 spiro atoms. The quantitative estimate of drug-likeness (QED) is 0.614. The molecular weight excluding hydrogens is 388 g/mol. The van der Waals surface area contributed by atoms with E-state index in [1.807, 2.05) is 13.8 Å². The summed E-state index contributed by atoms with van der Waals surface area (Å²) >= 11 is 0. The van der Waals surface area contributed by atoms with Gasteiger partial charge in [0.15, 0.2) is 0 Å². The highest BCUT2D eigenvalue weighted by Gasteiger charge is 2.24. The van der Waals surface area contributed by atoms with Gasteiger partial charge in [-0.05, 0) is 55.8 Å². The molecule has 3 aromatic rings. The molecule has 152 valence electrons. The Bertz CT molecular complexity index is 1100. The molecular formula is C22H24N2O4S. The molecule has 6 nitrogen and oxygen atoms in total. The van der Waals surface area contributed by atoms with E-state index in [-0.39, 0.29) is 10.8 Å². The van der Waals surface area contributed by atoms with Crippen LogP contribution in [0.1, 0.15) is 27.2 Å². The lowest BCUT2D eigenvalue weighted by Crippen LogP contribution is -2.29. The minimum absolute atomic E-state index is 0.205. The molecule has 1 aromatic heterocycles. The number of hydrogen-bond acceptors (Lipinski definition) is 4. The first-order valence-electron chi connectivity index (χ1n) is 9.14. The highest BCUT2D eigenvalue weighted by molar-refractivity contribution is 7.92. The van der Waals surface area contributed by atoms with Crippen LogP contribution in [0.4, 0.5) is 5.69 Å². The van der Waals surface area contributed by atoms with Crippen molar-refractivity contribution in [3.8, 4) is 0 Å². The van der Waals surface area contributed by atoms with Crippen molar-refractivity contribution in [3.63, 3.8) is 0 Å². The Morgan fingerprint density at radius 2 is 1.69 bits per heavy atom. The van der Waals surface area contributed by atoms with E-state index in [1.165, 1.54) is 16.3 Å². The molecule has 0 unspecified atom stereocenters. The maximum absolute atomic E-state index is 13.0. The number of carbonyl (C=O) groups is 1. The van der Waals surface area contributed by atoms with Gasteiger partial charge in [0, 0.05) is 19.7 Å². The lowest BCUT2D eigenvalue weighted by Gasteiger charge is -2.23. The zero-order valence-corrected chi connectivity index (χ0v) is 17.7. The van der Waals surface area contributed by atoms with Crippen molar-refractivity contribution in [1.82, 2.24) is 4.90 Å². The minimum atomic E-state index is -3.74. The topological polar surface area (TPSA) is 70.8 Å². The summed E-state index contributed by atoms with van der Waals surface area (Å²) in [5.74, 6) is 0.455. The van der Waals surface area contributed by atoms with Gasteiger partial charge in [-0.25, -0.2) is 8.42 Å². The fourth-order valence-electron chi connectivity index (χ4n) is 3.01. The van der Waals surface area contributed by atoms with E-state index in [0.29, 0.717) is 23.6 Å². The number of anilines is 1. The monoisotopic (exact) mass is 412 g/mol. The largest absolute Gasteiger partial charge is 0.467 e. The van der Waals surface area contributed by atoms with Gasteiger partial charge in [0.25, 0.3) is 15.9 Å². The standard InChI is InChI=1S/C22H24N2O4S/c1-16-7-11-20(12-8-16)29(26,27)24(4)21-14-18(10-9-17(21)2)22(25)23(3)15-19-6-5-13-28-19/h5-14H,15H2,1-4H3. The van der Waals surface area contributed by atoms with Gasteiger partial charge in [0.05, 0.1) is 23.4 Å². The van der Waals surface area contributed by atoms with Crippen LogP contribution in [0.15, 0.2) is 70.2 Å². The van der Waals surface area contributed by atoms with Crippen molar-refractivity contribution in [1.29, 1.82) is 0 Å². The van der Waals surface area contributed by atoms with E-state index in [1.54, 1.807) is 67.9 Å². The van der Waals surface area contributed by atoms with Gasteiger partial charge >= 0.3 is 0 Å². The molecule has 2 aromatic carbocycles. The summed E-state index contributed by atoms with van der Waals surface area (Å²) < 4.78 is 32.6. The number of rotatable bonds is 6. The van der Waals surface area contributed by atoms with Crippen LogP contribution in [0.3, 0.4) is 0 Å². The third-order valence-corrected chi connectivity index (χ3v) is 6.58. The minimum Gasteiger partial charge on any atom is -0.467 e. The van der Waals surface area contributed by atoms with Crippen LogP contribution in [0, 0.1) is 13.8 Å². The predicted octanol–water partition coefficient (Wildman–Crippen LogP) is 3.99. The molecule has 0 aliphatic carbocycles. The Balaban J connectivity index is 1.90. The summed E-state index contributed by atoms with van der Waals surface area (Å²) in [5.41, 5.74) is 2.61. The smallest absolute Gasteiger partial charge is 0.264 e. The maximum Gasteiger partial charge on any atom is 0.264 e. The summed E-state index contributed by atoms with van der Waals surface area (Å²) in [5, 5.41) is 0. The molecule has 29 heavy (non-hydrogen) atoms. The van der Waals surface area contributed by atoms with Crippen molar-refractivity contribution < 1.29 is 17.6 Å². The van der Waals surface area contributed by atoms with E-state index in [9.17, 15) is 13.2 Å². The predicted molar refractivity (Wildman–Crippen MR) is 112 cm³/mol. The van der Waals surface area contributed by atoms with Crippen LogP contribution >= 0.6 is 0 Å². The molecule has 0 saturated heterocycles. The fraction of sp³-hybridized carbons (Fsp3) is 0.227. The van der Waals surface area contributed by atoms with E-state index >= 15 is 0 Å². The van der Waals surface area contributed by atoms with Gasteiger partial charge in [-0.1, -0.05) is 23.8 Å². The zero-order chi connectivity index (χ0) is 21.2. The number of aryl methyl sites for hydroxylation is 2. The lowest BCUT2D eigenvalue weighted by molar-refractivity contribution is 0.0775. The normalized spacial score (nSPS) is 11.3. The highest BCUT2D eigenvalue weighted by Crippen LogP contribution is 2.27. The van der Waals surface area contributed by atoms with Crippen LogP contribution in [-0.4, -0.2) is 33.3 Å². The molecule has 0 atom stereocenters. The molecule has 1 heterocycles. The van der Waals surface area contributed by atoms with Gasteiger partial charge in [-0.3, -0.25) is 9.10 Å². The molecule has 0 aliphatic rings. The average molecular weight is 413 g/mol. The summed E-state index contributed by atoms with van der Waals surface area (Å²) in [4.78, 5) is 14.6. The van der Waals surface area contributed by atoms with Crippen molar-refractivity contribution in [3.05, 3.63) is 83.3 Å². The number of nitrogens with zero attached hydrogens (tertiary/aromatic N) is 2. The summed E-state index contributed by atoms with van der Waals surface area (Å²) in [6.45, 7) is 4.04. The van der Waals surface area contributed by atoms with Crippen molar-refractivity contribution >= 4 is 21.6 Å². The number of benzene rings is 2. The number of furan rings is 1. The Kier molecular flexibility index (Phi) is 5.79. The van der Waals surface area contributed by atoms with Crippen LogP contribution in [0.25, 0.3) is 0 Å². The van der Waals surface area contributed by atoms with E-state index in [4.69, 9.17) is 4.42 Å². The van der Waals surface area contributed by atoms with Crippen molar-refractivity contribution in [2.75, 3.05) is 18.4 Å². The Morgan fingerprint density at radius 3 is 2.31 bits per heavy atom. The van der Waals surface area contributed by atoms with Crippen LogP contribution < -0.4 is 4.31 Å². The maximum atomic E-state index is 13.0. The molecule has 1 amide bonds. The molecule has 0 fully saturated rings. The molecule has 0 radical (unpaired) electrons. The molecule has 0 bridgehead atoms. The SMILES string of the molecule is Cc1ccc(S(=O)(=O)N(C)c2cc(C(=O)N(C)Cc3ccco3)ccc2C)cc1. The fourth-order valence-corrected chi connectivity index (χ4v) is 4.26. The number of amides is 1.